The fourth-order valence-corrected chi connectivity index (χ4v) is 3.78. The summed E-state index contributed by atoms with van der Waals surface area (Å²) >= 11 is 0. The average Bonchev–Trinajstić information content (AvgIpc) is 2.72. The first-order valence-electron chi connectivity index (χ1n) is 9.40. The number of anilines is 2. The molecule has 3 heterocycles. The Kier molecular flexibility index (Phi) is 5.05. The number of fused-ring (bicyclic) bond motifs is 1. The Morgan fingerprint density at radius 1 is 1.29 bits per heavy atom. The molecular weight excluding hydrogens is 415 g/mol. The van der Waals surface area contributed by atoms with Crippen molar-refractivity contribution in [2.45, 2.75) is 13.0 Å². The number of aromatic nitrogens is 2. The Morgan fingerprint density at radius 2 is 2.03 bits per heavy atom. The van der Waals surface area contributed by atoms with Gasteiger partial charge >= 0.3 is 5.97 Å². The van der Waals surface area contributed by atoms with Crippen LogP contribution in [0.4, 0.5) is 24.5 Å². The molecule has 0 saturated carbocycles. The molecule has 1 aliphatic heterocycles. The molecule has 1 unspecified atom stereocenters. The Hall–Kier alpha value is -3.60. The van der Waals surface area contributed by atoms with Crippen molar-refractivity contribution >= 4 is 28.2 Å². The van der Waals surface area contributed by atoms with Crippen molar-refractivity contribution in [1.82, 2.24) is 14.9 Å². The van der Waals surface area contributed by atoms with E-state index in [0.717, 1.165) is 23.0 Å². The lowest BCUT2D eigenvalue weighted by Crippen LogP contribution is -2.50. The molecule has 3 aromatic rings. The summed E-state index contributed by atoms with van der Waals surface area (Å²) in [6, 6.07) is 2.16. The van der Waals surface area contributed by atoms with Gasteiger partial charge in [-0.1, -0.05) is 0 Å². The Balaban J connectivity index is 2.13. The maximum atomic E-state index is 15.8. The Morgan fingerprint density at radius 3 is 2.65 bits per heavy atom. The Labute approximate surface area is 173 Å². The highest BCUT2D eigenvalue weighted by molar-refractivity contribution is 6.00. The van der Waals surface area contributed by atoms with Crippen LogP contribution in [0.15, 0.2) is 29.3 Å². The first-order chi connectivity index (χ1) is 14.7. The number of nitrogens with one attached hydrogen (secondary N) is 1. The average molecular weight is 433 g/mol. The van der Waals surface area contributed by atoms with E-state index in [-0.39, 0.29) is 24.9 Å². The lowest BCUT2D eigenvalue weighted by molar-refractivity contribution is 0.0695. The van der Waals surface area contributed by atoms with Gasteiger partial charge in [0.05, 0.1) is 22.8 Å². The number of nitrogens with two attached hydrogens (primary N) is 1. The van der Waals surface area contributed by atoms with E-state index in [4.69, 9.17) is 5.73 Å². The monoisotopic (exact) mass is 433 g/mol. The van der Waals surface area contributed by atoms with Gasteiger partial charge in [0.15, 0.2) is 11.6 Å². The van der Waals surface area contributed by atoms with E-state index in [2.05, 4.69) is 10.3 Å². The SMILES string of the molecule is CC1CN(c2c(F)c(N)c3c(=O)c(C(=O)O)cn(-c4ccc(F)cn4)c3c2F)CCN1. The number of carboxylic acids is 1. The van der Waals surface area contributed by atoms with Gasteiger partial charge in [-0.05, 0) is 19.1 Å². The fraction of sp³-hybridized carbons (Fsp3) is 0.250. The summed E-state index contributed by atoms with van der Waals surface area (Å²) in [6.45, 7) is 2.90. The second kappa shape index (κ2) is 7.58. The molecule has 0 bridgehead atoms. The molecule has 0 aliphatic carbocycles. The number of aromatic carboxylic acids is 1. The number of nitrogen functional groups attached to an aromatic ring is 1. The molecule has 4 rings (SSSR count). The molecule has 11 heteroatoms. The predicted molar refractivity (Wildman–Crippen MR) is 108 cm³/mol. The molecule has 8 nitrogen and oxygen atoms in total. The van der Waals surface area contributed by atoms with E-state index in [9.17, 15) is 19.1 Å². The summed E-state index contributed by atoms with van der Waals surface area (Å²) in [6.07, 6.45) is 1.72. The molecular formula is C20H18F3N5O3. The molecule has 1 aliphatic rings. The highest BCUT2D eigenvalue weighted by Gasteiger charge is 2.30. The molecule has 1 atom stereocenters. The molecule has 162 valence electrons. The van der Waals surface area contributed by atoms with Crippen LogP contribution in [0.1, 0.15) is 17.3 Å². The van der Waals surface area contributed by atoms with E-state index in [0.29, 0.717) is 6.54 Å². The van der Waals surface area contributed by atoms with E-state index < -0.39 is 56.7 Å². The van der Waals surface area contributed by atoms with Crippen molar-refractivity contribution in [3.8, 4) is 5.82 Å². The van der Waals surface area contributed by atoms with E-state index >= 15 is 8.78 Å². The van der Waals surface area contributed by atoms with Crippen LogP contribution in [-0.4, -0.2) is 46.3 Å². The Bertz CT molecular complexity index is 1260. The maximum absolute atomic E-state index is 15.8. The summed E-state index contributed by atoms with van der Waals surface area (Å²) in [5.74, 6) is -4.58. The summed E-state index contributed by atoms with van der Waals surface area (Å²) < 4.78 is 45.3. The van der Waals surface area contributed by atoms with Crippen molar-refractivity contribution in [1.29, 1.82) is 0 Å². The number of carbonyl (C=O) groups is 1. The van der Waals surface area contributed by atoms with Gasteiger partial charge in [-0.3, -0.25) is 9.36 Å². The minimum absolute atomic E-state index is 0.0557. The van der Waals surface area contributed by atoms with Gasteiger partial charge in [-0.25, -0.2) is 22.9 Å². The number of hydrogen-bond acceptors (Lipinski definition) is 6. The van der Waals surface area contributed by atoms with Crippen molar-refractivity contribution in [2.75, 3.05) is 30.3 Å². The summed E-state index contributed by atoms with van der Waals surface area (Å²) in [5.41, 5.74) is 2.49. The van der Waals surface area contributed by atoms with Crippen LogP contribution < -0.4 is 21.4 Å². The van der Waals surface area contributed by atoms with E-state index in [1.165, 1.54) is 11.0 Å². The molecule has 2 aromatic heterocycles. The number of benzene rings is 1. The molecule has 4 N–H and O–H groups in total. The van der Waals surface area contributed by atoms with Crippen LogP contribution in [0.2, 0.25) is 0 Å². The van der Waals surface area contributed by atoms with Gasteiger partial charge < -0.3 is 21.1 Å². The van der Waals surface area contributed by atoms with Gasteiger partial charge in [0.2, 0.25) is 5.43 Å². The van der Waals surface area contributed by atoms with Crippen molar-refractivity contribution in [2.24, 2.45) is 0 Å². The normalized spacial score (nSPS) is 16.6. The van der Waals surface area contributed by atoms with E-state index in [1.54, 1.807) is 0 Å². The van der Waals surface area contributed by atoms with Crippen LogP contribution in [0.5, 0.6) is 0 Å². The van der Waals surface area contributed by atoms with Crippen molar-refractivity contribution < 1.29 is 23.1 Å². The highest BCUT2D eigenvalue weighted by Crippen LogP contribution is 2.36. The third kappa shape index (κ3) is 3.36. The zero-order valence-corrected chi connectivity index (χ0v) is 16.3. The number of piperazine rings is 1. The largest absolute Gasteiger partial charge is 0.477 e. The topological polar surface area (TPSA) is 113 Å². The first-order valence-corrected chi connectivity index (χ1v) is 9.40. The van der Waals surface area contributed by atoms with Gasteiger partial charge in [0.25, 0.3) is 0 Å². The third-order valence-corrected chi connectivity index (χ3v) is 5.21. The van der Waals surface area contributed by atoms with Crippen LogP contribution in [0, 0.1) is 17.5 Å². The standard InChI is InChI=1S/C20H18F3N5O3/c1-9-7-27(5-4-25-9)18-14(22)16(24)13-17(15(18)23)28(8-11(19(13)29)20(30)31)12-3-2-10(21)6-26-12/h2-3,6,8-9,25H,4-5,7,24H2,1H3,(H,30,31). The molecule has 0 radical (unpaired) electrons. The number of carboxylic acid groups (broad SMARTS) is 1. The molecule has 31 heavy (non-hydrogen) atoms. The van der Waals surface area contributed by atoms with Gasteiger partial charge in [0.1, 0.15) is 22.9 Å². The smallest absolute Gasteiger partial charge is 0.341 e. The zero-order chi connectivity index (χ0) is 22.4. The third-order valence-electron chi connectivity index (χ3n) is 5.21. The van der Waals surface area contributed by atoms with Gasteiger partial charge in [0, 0.05) is 31.9 Å². The van der Waals surface area contributed by atoms with Gasteiger partial charge in [-0.15, -0.1) is 0 Å². The number of halogens is 3. The van der Waals surface area contributed by atoms with Gasteiger partial charge in [-0.2, -0.15) is 0 Å². The molecule has 1 aromatic carbocycles. The number of nitrogens with zero attached hydrogens (tertiary/aromatic N) is 3. The molecule has 0 spiro atoms. The number of rotatable bonds is 3. The second-order valence-corrected chi connectivity index (χ2v) is 7.30. The number of pyridine rings is 2. The lowest BCUT2D eigenvalue weighted by Gasteiger charge is -2.34. The minimum atomic E-state index is -1.61. The zero-order valence-electron chi connectivity index (χ0n) is 16.3. The van der Waals surface area contributed by atoms with Crippen molar-refractivity contribution in [3.63, 3.8) is 0 Å². The van der Waals surface area contributed by atoms with Crippen molar-refractivity contribution in [3.05, 3.63) is 57.8 Å². The lowest BCUT2D eigenvalue weighted by atomic mass is 10.1. The molecule has 0 amide bonds. The highest BCUT2D eigenvalue weighted by atomic mass is 19.1. The predicted octanol–water partition coefficient (Wildman–Crippen LogP) is 1.88. The van der Waals surface area contributed by atoms with Crippen LogP contribution in [-0.2, 0) is 0 Å². The summed E-state index contributed by atoms with van der Waals surface area (Å²) in [5, 5.41) is 12.0. The second-order valence-electron chi connectivity index (χ2n) is 7.30. The van der Waals surface area contributed by atoms with E-state index in [1.807, 2.05) is 6.92 Å². The molecule has 1 saturated heterocycles. The summed E-state index contributed by atoms with van der Waals surface area (Å²) in [4.78, 5) is 29.7. The van der Waals surface area contributed by atoms with Crippen LogP contribution in [0.25, 0.3) is 16.7 Å². The minimum Gasteiger partial charge on any atom is -0.477 e. The first kappa shape index (κ1) is 20.7. The maximum Gasteiger partial charge on any atom is 0.341 e. The quantitative estimate of drug-likeness (QED) is 0.541. The summed E-state index contributed by atoms with van der Waals surface area (Å²) in [7, 11) is 0. The van der Waals surface area contributed by atoms with Crippen LogP contribution >= 0.6 is 0 Å². The fourth-order valence-electron chi connectivity index (χ4n) is 3.78. The van der Waals surface area contributed by atoms with Crippen LogP contribution in [0.3, 0.4) is 0 Å². The molecule has 1 fully saturated rings. The number of hydrogen-bond donors (Lipinski definition) is 3.